The van der Waals surface area contributed by atoms with Gasteiger partial charge in [0.15, 0.2) is 0 Å². The van der Waals surface area contributed by atoms with Gasteiger partial charge in [-0.2, -0.15) is 0 Å². The molecule has 0 fully saturated rings. The van der Waals surface area contributed by atoms with Gasteiger partial charge in [0.05, 0.1) is 22.4 Å². The van der Waals surface area contributed by atoms with E-state index >= 15 is 0 Å². The van der Waals surface area contributed by atoms with E-state index in [1.54, 1.807) is 0 Å². The minimum atomic E-state index is 0.886. The van der Waals surface area contributed by atoms with Gasteiger partial charge in [-0.25, -0.2) is 4.98 Å². The molecule has 144 valence electrons. The first-order chi connectivity index (χ1) is 15.4. The van der Waals surface area contributed by atoms with E-state index in [0.29, 0.717) is 0 Å². The van der Waals surface area contributed by atoms with Crippen molar-refractivity contribution >= 4 is 27.5 Å². The second-order valence-electron chi connectivity index (χ2n) is 8.50. The summed E-state index contributed by atoms with van der Waals surface area (Å²) in [4.78, 5) is 14.4. The van der Waals surface area contributed by atoms with Crippen LogP contribution in [-0.2, 0) is 12.8 Å². The minimum absolute atomic E-state index is 0.886. The lowest BCUT2D eigenvalue weighted by molar-refractivity contribution is 1.09. The van der Waals surface area contributed by atoms with Crippen LogP contribution in [0.2, 0.25) is 0 Å². The molecule has 8 rings (SSSR count). The molecular formula is C27H16N4. The van der Waals surface area contributed by atoms with E-state index in [2.05, 4.69) is 51.8 Å². The third-order valence-electron chi connectivity index (χ3n) is 6.96. The maximum absolute atomic E-state index is 5.26. The van der Waals surface area contributed by atoms with Gasteiger partial charge >= 0.3 is 0 Å². The van der Waals surface area contributed by atoms with Crippen LogP contribution in [0.5, 0.6) is 0 Å². The highest BCUT2D eigenvalue weighted by atomic mass is 15.0. The molecular weight excluding hydrogens is 380 g/mol. The molecule has 0 saturated heterocycles. The quantitative estimate of drug-likeness (QED) is 0.315. The summed E-state index contributed by atoms with van der Waals surface area (Å²) in [6, 6.07) is 19.6. The Balaban J connectivity index is 1.55. The number of benzene rings is 2. The zero-order valence-electron chi connectivity index (χ0n) is 16.6. The molecule has 0 N–H and O–H groups in total. The van der Waals surface area contributed by atoms with E-state index in [-0.39, 0.29) is 0 Å². The molecule has 0 amide bonds. The van der Waals surface area contributed by atoms with Crippen molar-refractivity contribution in [3.8, 4) is 22.4 Å². The van der Waals surface area contributed by atoms with Crippen molar-refractivity contribution in [3.05, 3.63) is 95.6 Å². The summed E-state index contributed by atoms with van der Waals surface area (Å²) in [7, 11) is 0. The first kappa shape index (κ1) is 15.7. The molecule has 4 heterocycles. The summed E-state index contributed by atoms with van der Waals surface area (Å²) in [6.45, 7) is 0. The molecule has 4 aromatic heterocycles. The second-order valence-corrected chi connectivity index (χ2v) is 8.50. The van der Waals surface area contributed by atoms with Crippen molar-refractivity contribution in [1.82, 2.24) is 19.4 Å². The van der Waals surface area contributed by atoms with Gasteiger partial charge in [-0.1, -0.05) is 36.4 Å². The van der Waals surface area contributed by atoms with Crippen LogP contribution >= 0.6 is 0 Å². The molecule has 6 aromatic rings. The Morgan fingerprint density at radius 1 is 0.742 bits per heavy atom. The Hall–Kier alpha value is -4.05. The Bertz CT molecular complexity index is 1740. The molecule has 31 heavy (non-hydrogen) atoms. The molecule has 0 spiro atoms. The van der Waals surface area contributed by atoms with E-state index in [0.717, 1.165) is 46.0 Å². The molecule has 0 saturated carbocycles. The van der Waals surface area contributed by atoms with Crippen LogP contribution < -0.4 is 0 Å². The van der Waals surface area contributed by atoms with Gasteiger partial charge in [-0.15, -0.1) is 0 Å². The zero-order valence-corrected chi connectivity index (χ0v) is 16.6. The summed E-state index contributed by atoms with van der Waals surface area (Å²) in [5, 5.41) is 2.16. The lowest BCUT2D eigenvalue weighted by Gasteiger charge is -2.10. The fraction of sp³-hybridized carbons (Fsp3) is 0.0741. The summed E-state index contributed by atoms with van der Waals surface area (Å²) >= 11 is 0. The smallest absolute Gasteiger partial charge is 0.147 e. The van der Waals surface area contributed by atoms with Crippen LogP contribution in [0.1, 0.15) is 22.4 Å². The molecule has 0 aliphatic heterocycles. The van der Waals surface area contributed by atoms with Crippen LogP contribution in [-0.4, -0.2) is 19.4 Å². The topological polar surface area (TPSA) is 43.1 Å². The Labute approximate surface area is 177 Å². The molecule has 2 aromatic carbocycles. The molecule has 2 aliphatic rings. The van der Waals surface area contributed by atoms with Crippen molar-refractivity contribution in [3.63, 3.8) is 0 Å². The summed E-state index contributed by atoms with van der Waals surface area (Å²) < 4.78 is 2.31. The number of pyridine rings is 3. The van der Waals surface area contributed by atoms with E-state index < -0.39 is 0 Å². The summed E-state index contributed by atoms with van der Waals surface area (Å²) in [5.41, 5.74) is 13.7. The number of rotatable bonds is 0. The second kappa shape index (κ2) is 5.35. The predicted octanol–water partition coefficient (Wildman–Crippen LogP) is 5.57. The van der Waals surface area contributed by atoms with Gasteiger partial charge in [-0.3, -0.25) is 14.4 Å². The number of nitrogens with zero attached hydrogens (tertiary/aromatic N) is 4. The Morgan fingerprint density at radius 2 is 1.65 bits per heavy atom. The van der Waals surface area contributed by atoms with Crippen LogP contribution in [0.25, 0.3) is 49.8 Å². The number of fused-ring (bicyclic) bond motifs is 14. The van der Waals surface area contributed by atoms with Gasteiger partial charge in [-0.05, 0) is 52.4 Å². The Kier molecular flexibility index (Phi) is 2.72. The fourth-order valence-electron chi connectivity index (χ4n) is 5.69. The van der Waals surface area contributed by atoms with Crippen LogP contribution in [0, 0.1) is 0 Å². The molecule has 4 heteroatoms. The van der Waals surface area contributed by atoms with Crippen LogP contribution in [0.15, 0.2) is 73.2 Å². The lowest BCUT2D eigenvalue weighted by atomic mass is 9.96. The van der Waals surface area contributed by atoms with Gasteiger partial charge in [0.1, 0.15) is 5.65 Å². The molecule has 0 radical (unpaired) electrons. The number of imidazole rings is 1. The van der Waals surface area contributed by atoms with Gasteiger partial charge in [0.25, 0.3) is 0 Å². The molecule has 0 bridgehead atoms. The third kappa shape index (κ3) is 1.84. The van der Waals surface area contributed by atoms with E-state index in [4.69, 9.17) is 9.97 Å². The summed E-state index contributed by atoms with van der Waals surface area (Å²) in [6.07, 6.45) is 7.51. The minimum Gasteiger partial charge on any atom is -0.293 e. The maximum Gasteiger partial charge on any atom is 0.147 e. The van der Waals surface area contributed by atoms with Crippen LogP contribution in [0.4, 0.5) is 0 Å². The highest BCUT2D eigenvalue weighted by molar-refractivity contribution is 6.10. The predicted molar refractivity (Wildman–Crippen MR) is 122 cm³/mol. The standard InChI is InChI=1S/C27H16N4/c1-2-5-18-15(4-1)12-16-7-8-17-13-22-26(24(17)23(16)18)30-27-20-14-28-11-9-19(20)25-21(31(22)27)6-3-10-29-25/h1-11,14H,12-13H2. The summed E-state index contributed by atoms with van der Waals surface area (Å²) in [5.74, 6) is 0. The van der Waals surface area contributed by atoms with Crippen molar-refractivity contribution in [2.24, 2.45) is 0 Å². The van der Waals surface area contributed by atoms with Crippen molar-refractivity contribution in [2.45, 2.75) is 12.8 Å². The highest BCUT2D eigenvalue weighted by Gasteiger charge is 2.32. The average molecular weight is 396 g/mol. The van der Waals surface area contributed by atoms with E-state index in [1.807, 2.05) is 30.7 Å². The maximum atomic E-state index is 5.26. The number of hydrogen-bond donors (Lipinski definition) is 0. The lowest BCUT2D eigenvalue weighted by Crippen LogP contribution is -1.97. The monoisotopic (exact) mass is 396 g/mol. The number of aromatic nitrogens is 4. The van der Waals surface area contributed by atoms with E-state index in [9.17, 15) is 0 Å². The normalized spacial score (nSPS) is 13.5. The molecule has 0 atom stereocenters. The van der Waals surface area contributed by atoms with Gasteiger partial charge in [0.2, 0.25) is 0 Å². The van der Waals surface area contributed by atoms with Crippen LogP contribution in [0.3, 0.4) is 0 Å². The zero-order chi connectivity index (χ0) is 20.1. The Morgan fingerprint density at radius 3 is 2.61 bits per heavy atom. The van der Waals surface area contributed by atoms with E-state index in [1.165, 1.54) is 39.1 Å². The number of hydrogen-bond acceptors (Lipinski definition) is 3. The highest BCUT2D eigenvalue weighted by Crippen LogP contribution is 2.49. The SMILES string of the molecule is c1ccc2c(c1)Cc1ccc3c(c1-2)-c1nc2c4cnccc4c4ncccc4n2c1C3. The first-order valence-electron chi connectivity index (χ1n) is 10.6. The third-order valence-corrected chi connectivity index (χ3v) is 6.96. The van der Waals surface area contributed by atoms with Crippen molar-refractivity contribution in [2.75, 3.05) is 0 Å². The van der Waals surface area contributed by atoms with Gasteiger partial charge in [0, 0.05) is 41.3 Å². The largest absolute Gasteiger partial charge is 0.293 e. The molecule has 0 unspecified atom stereocenters. The fourth-order valence-corrected chi connectivity index (χ4v) is 5.69. The first-order valence-corrected chi connectivity index (χ1v) is 10.6. The average Bonchev–Trinajstić information content (AvgIpc) is 3.48. The molecule has 2 aliphatic carbocycles. The van der Waals surface area contributed by atoms with Crippen molar-refractivity contribution < 1.29 is 0 Å². The van der Waals surface area contributed by atoms with Gasteiger partial charge < -0.3 is 0 Å². The molecule has 4 nitrogen and oxygen atoms in total. The van der Waals surface area contributed by atoms with Crippen molar-refractivity contribution in [1.29, 1.82) is 0 Å².